The van der Waals surface area contributed by atoms with Gasteiger partial charge in [-0.3, -0.25) is 4.79 Å². The second-order valence-corrected chi connectivity index (χ2v) is 8.60. The highest BCUT2D eigenvalue weighted by Gasteiger charge is 2.18. The molecule has 0 spiro atoms. The van der Waals surface area contributed by atoms with Gasteiger partial charge in [0.2, 0.25) is 5.91 Å². The van der Waals surface area contributed by atoms with E-state index in [2.05, 4.69) is 10.0 Å². The lowest BCUT2D eigenvalue weighted by Gasteiger charge is -2.13. The first-order chi connectivity index (χ1) is 10.8. The quantitative estimate of drug-likeness (QED) is 0.817. The van der Waals surface area contributed by atoms with Crippen LogP contribution in [0.3, 0.4) is 0 Å². The zero-order chi connectivity index (χ0) is 17.0. The molecule has 124 valence electrons. The van der Waals surface area contributed by atoms with E-state index < -0.39 is 15.9 Å². The highest BCUT2D eigenvalue weighted by Crippen LogP contribution is 2.25. The Morgan fingerprint density at radius 3 is 2.61 bits per heavy atom. The number of hydrogen-bond acceptors (Lipinski definition) is 4. The second kappa shape index (κ2) is 7.44. The average Bonchev–Trinajstić information content (AvgIpc) is 2.95. The largest absolute Gasteiger partial charge is 0.324 e. The van der Waals surface area contributed by atoms with E-state index in [1.165, 1.54) is 12.1 Å². The van der Waals surface area contributed by atoms with Crippen molar-refractivity contribution < 1.29 is 13.2 Å². The minimum absolute atomic E-state index is 0.0837. The van der Waals surface area contributed by atoms with E-state index in [1.54, 1.807) is 0 Å². The van der Waals surface area contributed by atoms with Gasteiger partial charge in [0.15, 0.2) is 0 Å². The predicted molar refractivity (Wildman–Crippen MR) is 93.7 cm³/mol. The van der Waals surface area contributed by atoms with Gasteiger partial charge in [-0.2, -0.15) is 0 Å². The van der Waals surface area contributed by atoms with E-state index in [9.17, 15) is 13.2 Å². The Morgan fingerprint density at radius 1 is 1.26 bits per heavy atom. The van der Waals surface area contributed by atoms with Crippen LogP contribution in [0.2, 0.25) is 4.34 Å². The number of rotatable bonds is 6. The summed E-state index contributed by atoms with van der Waals surface area (Å²) >= 11 is 6.68. The van der Waals surface area contributed by atoms with Crippen LogP contribution in [0.15, 0.2) is 34.5 Å². The maximum Gasteiger partial charge on any atom is 0.250 e. The fourth-order valence-corrected chi connectivity index (χ4v) is 4.57. The van der Waals surface area contributed by atoms with Gasteiger partial charge in [0, 0.05) is 5.69 Å². The van der Waals surface area contributed by atoms with E-state index in [0.29, 0.717) is 4.34 Å². The smallest absolute Gasteiger partial charge is 0.250 e. The van der Waals surface area contributed by atoms with Crippen molar-refractivity contribution in [3.05, 3.63) is 45.8 Å². The van der Waals surface area contributed by atoms with Gasteiger partial charge in [-0.1, -0.05) is 36.7 Å². The molecule has 0 saturated heterocycles. The monoisotopic (exact) mass is 372 g/mol. The number of carbonyl (C=O) groups excluding carboxylic acids is 1. The SMILES string of the molecule is CCc1cccc(C)c1NC(=O)CNS(=O)(=O)c1ccc(Cl)s1. The molecule has 0 aliphatic heterocycles. The lowest BCUT2D eigenvalue weighted by molar-refractivity contribution is -0.115. The van der Waals surface area contributed by atoms with Crippen LogP contribution in [-0.4, -0.2) is 20.9 Å². The lowest BCUT2D eigenvalue weighted by Crippen LogP contribution is -2.32. The van der Waals surface area contributed by atoms with E-state index in [4.69, 9.17) is 11.6 Å². The van der Waals surface area contributed by atoms with Gasteiger partial charge in [0.05, 0.1) is 10.9 Å². The summed E-state index contributed by atoms with van der Waals surface area (Å²) in [6, 6.07) is 8.66. The number of halogens is 1. The molecular weight excluding hydrogens is 356 g/mol. The number of benzene rings is 1. The Morgan fingerprint density at radius 2 is 2.00 bits per heavy atom. The minimum atomic E-state index is -3.73. The Hall–Kier alpha value is -1.41. The van der Waals surface area contributed by atoms with Crippen LogP contribution in [0.25, 0.3) is 0 Å². The molecule has 0 aliphatic rings. The second-order valence-electron chi connectivity index (χ2n) is 4.89. The van der Waals surface area contributed by atoms with Crippen molar-refractivity contribution in [2.75, 3.05) is 11.9 Å². The highest BCUT2D eigenvalue weighted by molar-refractivity contribution is 7.91. The van der Waals surface area contributed by atoms with Crippen LogP contribution in [0.4, 0.5) is 5.69 Å². The van der Waals surface area contributed by atoms with Gasteiger partial charge in [0.25, 0.3) is 10.0 Å². The topological polar surface area (TPSA) is 75.3 Å². The van der Waals surface area contributed by atoms with Crippen LogP contribution in [-0.2, 0) is 21.2 Å². The van der Waals surface area contributed by atoms with E-state index >= 15 is 0 Å². The third-order valence-electron chi connectivity index (χ3n) is 3.24. The molecule has 0 fully saturated rings. The van der Waals surface area contributed by atoms with Gasteiger partial charge >= 0.3 is 0 Å². The van der Waals surface area contributed by atoms with Crippen molar-refractivity contribution in [2.45, 2.75) is 24.5 Å². The van der Waals surface area contributed by atoms with Gasteiger partial charge in [-0.05, 0) is 36.6 Å². The van der Waals surface area contributed by atoms with Crippen molar-refractivity contribution in [1.82, 2.24) is 4.72 Å². The molecule has 2 rings (SSSR count). The Bertz CT molecular complexity index is 816. The fourth-order valence-electron chi connectivity index (χ4n) is 2.06. The van der Waals surface area contributed by atoms with Crippen molar-refractivity contribution in [1.29, 1.82) is 0 Å². The van der Waals surface area contributed by atoms with Crippen molar-refractivity contribution in [2.24, 2.45) is 0 Å². The molecule has 1 aromatic carbocycles. The first-order valence-corrected chi connectivity index (χ1v) is 9.64. The molecule has 5 nitrogen and oxygen atoms in total. The predicted octanol–water partition coefficient (Wildman–Crippen LogP) is 3.19. The van der Waals surface area contributed by atoms with Crippen LogP contribution in [0.1, 0.15) is 18.1 Å². The number of anilines is 1. The zero-order valence-electron chi connectivity index (χ0n) is 12.7. The Labute approximate surface area is 144 Å². The molecule has 0 saturated carbocycles. The molecule has 1 aromatic heterocycles. The summed E-state index contributed by atoms with van der Waals surface area (Å²) < 4.78 is 26.8. The Balaban J connectivity index is 2.04. The summed E-state index contributed by atoms with van der Waals surface area (Å²) in [7, 11) is -3.73. The fraction of sp³-hybridized carbons (Fsp3) is 0.267. The summed E-state index contributed by atoms with van der Waals surface area (Å²) in [5.74, 6) is -0.416. The minimum Gasteiger partial charge on any atom is -0.324 e. The molecule has 23 heavy (non-hydrogen) atoms. The lowest BCUT2D eigenvalue weighted by atomic mass is 10.1. The molecule has 0 bridgehead atoms. The maximum atomic E-state index is 12.1. The van der Waals surface area contributed by atoms with Crippen LogP contribution >= 0.6 is 22.9 Å². The van der Waals surface area contributed by atoms with E-state index in [1.807, 2.05) is 32.0 Å². The third kappa shape index (κ3) is 4.54. The number of nitrogens with one attached hydrogen (secondary N) is 2. The van der Waals surface area contributed by atoms with Gasteiger partial charge in [0.1, 0.15) is 4.21 Å². The molecular formula is C15H17ClN2O3S2. The van der Waals surface area contributed by atoms with Crippen molar-refractivity contribution in [3.63, 3.8) is 0 Å². The summed E-state index contributed by atoms with van der Waals surface area (Å²) in [6.07, 6.45) is 0.775. The molecule has 2 aromatic rings. The van der Waals surface area contributed by atoms with Crippen molar-refractivity contribution >= 4 is 44.6 Å². The number of carbonyl (C=O) groups is 1. The maximum absolute atomic E-state index is 12.1. The summed E-state index contributed by atoms with van der Waals surface area (Å²) in [5.41, 5.74) is 2.68. The van der Waals surface area contributed by atoms with Crippen LogP contribution in [0.5, 0.6) is 0 Å². The van der Waals surface area contributed by atoms with Crippen LogP contribution in [0, 0.1) is 6.92 Å². The number of thiophene rings is 1. The number of hydrogen-bond donors (Lipinski definition) is 2. The molecule has 0 unspecified atom stereocenters. The van der Waals surface area contributed by atoms with E-state index in [0.717, 1.165) is 34.6 Å². The van der Waals surface area contributed by atoms with Gasteiger partial charge in [-0.15, -0.1) is 11.3 Å². The van der Waals surface area contributed by atoms with Crippen LogP contribution < -0.4 is 10.0 Å². The third-order valence-corrected chi connectivity index (χ3v) is 6.36. The summed E-state index contributed by atoms with van der Waals surface area (Å²) in [5, 5.41) is 2.77. The summed E-state index contributed by atoms with van der Waals surface area (Å²) in [4.78, 5) is 12.1. The highest BCUT2D eigenvalue weighted by atomic mass is 35.5. The normalized spacial score (nSPS) is 11.4. The zero-order valence-corrected chi connectivity index (χ0v) is 15.1. The van der Waals surface area contributed by atoms with Gasteiger partial charge < -0.3 is 5.32 Å². The standard InChI is InChI=1S/C15H17ClN2O3S2/c1-3-11-6-4-5-10(2)15(11)18-13(19)9-17-23(20,21)14-8-7-12(16)22-14/h4-8,17H,3,9H2,1-2H3,(H,18,19). The van der Waals surface area contributed by atoms with Gasteiger partial charge in [-0.25, -0.2) is 13.1 Å². The Kier molecular flexibility index (Phi) is 5.80. The van der Waals surface area contributed by atoms with E-state index in [-0.39, 0.29) is 10.8 Å². The molecule has 0 atom stereocenters. The molecule has 1 heterocycles. The number of sulfonamides is 1. The van der Waals surface area contributed by atoms with Crippen molar-refractivity contribution in [3.8, 4) is 0 Å². The number of aryl methyl sites for hydroxylation is 2. The first-order valence-electron chi connectivity index (χ1n) is 6.97. The summed E-state index contributed by atoms with van der Waals surface area (Å²) in [6.45, 7) is 3.55. The molecule has 8 heteroatoms. The molecule has 2 N–H and O–H groups in total. The number of amides is 1. The molecule has 1 amide bonds. The average molecular weight is 373 g/mol. The molecule has 0 radical (unpaired) electrons. The number of para-hydroxylation sites is 1. The first kappa shape index (κ1) is 17.9. The molecule has 0 aliphatic carbocycles.